The highest BCUT2D eigenvalue weighted by Gasteiger charge is 2.22. The first-order valence-corrected chi connectivity index (χ1v) is 9.48. The topological polar surface area (TPSA) is 69.0 Å². The molecular weight excluding hydrogens is 336 g/mol. The Kier molecular flexibility index (Phi) is 5.75. The van der Waals surface area contributed by atoms with Crippen LogP contribution in [0.15, 0.2) is 29.4 Å². The van der Waals surface area contributed by atoms with Crippen LogP contribution in [0.25, 0.3) is 5.69 Å². The van der Waals surface area contributed by atoms with Gasteiger partial charge in [-0.25, -0.2) is 0 Å². The van der Waals surface area contributed by atoms with Crippen molar-refractivity contribution in [3.63, 3.8) is 0 Å². The Morgan fingerprint density at radius 3 is 2.92 bits per heavy atom. The van der Waals surface area contributed by atoms with Gasteiger partial charge in [-0.2, -0.15) is 0 Å². The maximum atomic E-state index is 12.4. The monoisotopic (exact) mass is 360 g/mol. The molecule has 1 amide bonds. The van der Waals surface area contributed by atoms with E-state index in [1.807, 2.05) is 36.6 Å². The van der Waals surface area contributed by atoms with Crippen LogP contribution < -0.4 is 5.32 Å². The van der Waals surface area contributed by atoms with Crippen LogP contribution in [0.2, 0.25) is 0 Å². The fourth-order valence-electron chi connectivity index (χ4n) is 2.89. The van der Waals surface area contributed by atoms with Crippen molar-refractivity contribution in [3.05, 3.63) is 35.7 Å². The van der Waals surface area contributed by atoms with Crippen LogP contribution in [0.1, 0.15) is 31.2 Å². The number of aromatic nitrogens is 3. The maximum Gasteiger partial charge on any atom is 0.233 e. The summed E-state index contributed by atoms with van der Waals surface area (Å²) in [5.74, 6) is 0.807. The Bertz CT molecular complexity index is 740. The van der Waals surface area contributed by atoms with Crippen molar-refractivity contribution in [2.45, 2.75) is 50.1 Å². The lowest BCUT2D eigenvalue weighted by Gasteiger charge is -2.16. The average molecular weight is 360 g/mol. The number of thioether (sulfide) groups is 1. The standard InChI is InChI=1S/C18H24N4O2S/c1-12-7-4-5-9-16(12)22-14(3)20-21-18(22)25-13(2)17(23)19-11-15-8-6-10-24-15/h4-5,7,9,13,15H,6,8,10-11H2,1-3H3,(H,19,23)/t13-,15+/m1/s1. The van der Waals surface area contributed by atoms with Gasteiger partial charge in [-0.3, -0.25) is 9.36 Å². The van der Waals surface area contributed by atoms with Gasteiger partial charge in [0.05, 0.1) is 17.0 Å². The quantitative estimate of drug-likeness (QED) is 0.802. The van der Waals surface area contributed by atoms with Gasteiger partial charge in [-0.05, 0) is 45.2 Å². The Morgan fingerprint density at radius 2 is 2.20 bits per heavy atom. The van der Waals surface area contributed by atoms with Crippen LogP contribution in [-0.2, 0) is 9.53 Å². The van der Waals surface area contributed by atoms with Gasteiger partial charge in [0, 0.05) is 13.2 Å². The fourth-order valence-corrected chi connectivity index (χ4v) is 3.82. The van der Waals surface area contributed by atoms with Crippen molar-refractivity contribution in [1.29, 1.82) is 0 Å². The second-order valence-electron chi connectivity index (χ2n) is 6.29. The average Bonchev–Trinajstić information content (AvgIpc) is 3.23. The van der Waals surface area contributed by atoms with Crippen LogP contribution >= 0.6 is 11.8 Å². The highest BCUT2D eigenvalue weighted by Crippen LogP contribution is 2.27. The predicted octanol–water partition coefficient (Wildman–Crippen LogP) is 2.66. The van der Waals surface area contributed by atoms with Crippen molar-refractivity contribution in [1.82, 2.24) is 20.1 Å². The van der Waals surface area contributed by atoms with Gasteiger partial charge >= 0.3 is 0 Å². The molecule has 0 saturated carbocycles. The lowest BCUT2D eigenvalue weighted by molar-refractivity contribution is -0.120. The molecule has 1 aliphatic rings. The number of nitrogens with one attached hydrogen (secondary N) is 1. The number of hydrogen-bond donors (Lipinski definition) is 1. The minimum Gasteiger partial charge on any atom is -0.376 e. The predicted molar refractivity (Wildman–Crippen MR) is 98.1 cm³/mol. The molecule has 1 aliphatic heterocycles. The molecule has 6 nitrogen and oxygen atoms in total. The smallest absolute Gasteiger partial charge is 0.233 e. The lowest BCUT2D eigenvalue weighted by atomic mass is 10.2. The minimum absolute atomic E-state index is 0.00233. The number of hydrogen-bond acceptors (Lipinski definition) is 5. The molecular formula is C18H24N4O2S. The summed E-state index contributed by atoms with van der Waals surface area (Å²) in [4.78, 5) is 12.4. The first kappa shape index (κ1) is 17.9. The number of rotatable bonds is 6. The third-order valence-corrected chi connectivity index (χ3v) is 5.37. The molecule has 0 aliphatic carbocycles. The van der Waals surface area contributed by atoms with E-state index in [0.717, 1.165) is 41.7 Å². The van der Waals surface area contributed by atoms with Gasteiger partial charge in [0.2, 0.25) is 5.91 Å². The van der Waals surface area contributed by atoms with E-state index < -0.39 is 0 Å². The molecule has 134 valence electrons. The van der Waals surface area contributed by atoms with Gasteiger partial charge in [0.25, 0.3) is 0 Å². The number of benzene rings is 1. The van der Waals surface area contributed by atoms with Crippen molar-refractivity contribution < 1.29 is 9.53 Å². The summed E-state index contributed by atoms with van der Waals surface area (Å²) in [6.45, 7) is 7.24. The van der Waals surface area contributed by atoms with Crippen LogP contribution in [0.3, 0.4) is 0 Å². The molecule has 1 fully saturated rings. The minimum atomic E-state index is -0.257. The molecule has 0 unspecified atom stereocenters. The summed E-state index contributed by atoms with van der Waals surface area (Å²) in [7, 11) is 0. The van der Waals surface area contributed by atoms with Gasteiger partial charge in [0.1, 0.15) is 5.82 Å². The molecule has 2 aromatic rings. The van der Waals surface area contributed by atoms with Gasteiger partial charge in [-0.15, -0.1) is 10.2 Å². The molecule has 1 saturated heterocycles. The van der Waals surface area contributed by atoms with E-state index in [-0.39, 0.29) is 17.3 Å². The van der Waals surface area contributed by atoms with Crippen LogP contribution in [0.5, 0.6) is 0 Å². The third kappa shape index (κ3) is 4.22. The number of carbonyl (C=O) groups excluding carboxylic acids is 1. The Hall–Kier alpha value is -1.86. The maximum absolute atomic E-state index is 12.4. The van der Waals surface area contributed by atoms with Crippen LogP contribution in [-0.4, -0.2) is 45.2 Å². The zero-order valence-corrected chi connectivity index (χ0v) is 15.7. The van der Waals surface area contributed by atoms with E-state index in [0.29, 0.717) is 6.54 Å². The summed E-state index contributed by atoms with van der Waals surface area (Å²) >= 11 is 1.42. The molecule has 0 spiro atoms. The highest BCUT2D eigenvalue weighted by atomic mass is 32.2. The Labute approximate surface area is 152 Å². The first-order chi connectivity index (χ1) is 12.1. The Morgan fingerprint density at radius 1 is 1.40 bits per heavy atom. The molecule has 2 heterocycles. The molecule has 7 heteroatoms. The molecule has 2 atom stereocenters. The fraction of sp³-hybridized carbons (Fsp3) is 0.500. The van der Waals surface area contributed by atoms with E-state index in [2.05, 4.69) is 28.5 Å². The largest absolute Gasteiger partial charge is 0.376 e. The zero-order valence-electron chi connectivity index (χ0n) is 14.9. The van der Waals surface area contributed by atoms with Crippen molar-refractivity contribution in [3.8, 4) is 5.69 Å². The van der Waals surface area contributed by atoms with Gasteiger partial charge in [-0.1, -0.05) is 30.0 Å². The summed E-state index contributed by atoms with van der Waals surface area (Å²) < 4.78 is 7.55. The second-order valence-corrected chi connectivity index (χ2v) is 7.60. The normalized spacial score (nSPS) is 18.3. The van der Waals surface area contributed by atoms with Crippen molar-refractivity contribution in [2.24, 2.45) is 0 Å². The molecule has 1 N–H and O–H groups in total. The summed E-state index contributed by atoms with van der Waals surface area (Å²) in [6.07, 6.45) is 2.24. The summed E-state index contributed by atoms with van der Waals surface area (Å²) in [5, 5.41) is 11.9. The molecule has 0 bridgehead atoms. The van der Waals surface area contributed by atoms with Crippen LogP contribution in [0.4, 0.5) is 0 Å². The van der Waals surface area contributed by atoms with E-state index in [4.69, 9.17) is 4.74 Å². The Balaban J connectivity index is 1.68. The highest BCUT2D eigenvalue weighted by molar-refractivity contribution is 8.00. The molecule has 3 rings (SSSR count). The van der Waals surface area contributed by atoms with E-state index >= 15 is 0 Å². The molecule has 1 aromatic heterocycles. The third-order valence-electron chi connectivity index (χ3n) is 4.33. The van der Waals surface area contributed by atoms with Crippen molar-refractivity contribution >= 4 is 17.7 Å². The summed E-state index contributed by atoms with van der Waals surface area (Å²) in [6, 6.07) is 8.10. The molecule has 1 aromatic carbocycles. The van der Waals surface area contributed by atoms with E-state index in [9.17, 15) is 4.79 Å². The number of nitrogens with zero attached hydrogens (tertiary/aromatic N) is 3. The SMILES string of the molecule is Cc1ccccc1-n1c(C)nnc1S[C@H](C)C(=O)NC[C@@H]1CCCO1. The second kappa shape index (κ2) is 8.01. The van der Waals surface area contributed by atoms with E-state index in [1.54, 1.807) is 0 Å². The van der Waals surface area contributed by atoms with Crippen molar-refractivity contribution in [2.75, 3.05) is 13.2 Å². The number of amides is 1. The number of carbonyl (C=O) groups is 1. The molecule has 0 radical (unpaired) electrons. The number of aryl methyl sites for hydroxylation is 2. The summed E-state index contributed by atoms with van der Waals surface area (Å²) in [5.41, 5.74) is 2.18. The zero-order chi connectivity index (χ0) is 17.8. The lowest BCUT2D eigenvalue weighted by Crippen LogP contribution is -2.36. The van der Waals surface area contributed by atoms with Gasteiger partial charge < -0.3 is 10.1 Å². The van der Waals surface area contributed by atoms with Gasteiger partial charge in [0.15, 0.2) is 5.16 Å². The molecule has 25 heavy (non-hydrogen) atoms. The first-order valence-electron chi connectivity index (χ1n) is 8.60. The number of para-hydroxylation sites is 1. The van der Waals surface area contributed by atoms with Crippen LogP contribution in [0, 0.1) is 13.8 Å². The van der Waals surface area contributed by atoms with E-state index in [1.165, 1.54) is 11.8 Å². The number of ether oxygens (including phenoxy) is 1.